The van der Waals surface area contributed by atoms with Gasteiger partial charge in [-0.2, -0.15) is 0 Å². The zero-order valence-electron chi connectivity index (χ0n) is 16.9. The fraction of sp³-hybridized carbons (Fsp3) is 0.792. The monoisotopic (exact) mass is 356 g/mol. The Bertz CT molecular complexity index is 620. The van der Waals surface area contributed by atoms with E-state index in [1.54, 1.807) is 6.26 Å². The van der Waals surface area contributed by atoms with E-state index in [0.29, 0.717) is 22.5 Å². The average molecular weight is 357 g/mol. The smallest absolute Gasteiger partial charge is 0.155 e. The van der Waals surface area contributed by atoms with Gasteiger partial charge in [0.05, 0.1) is 12.9 Å². The van der Waals surface area contributed by atoms with Crippen LogP contribution in [0.1, 0.15) is 72.1 Å². The van der Waals surface area contributed by atoms with E-state index in [9.17, 15) is 4.79 Å². The zero-order valence-corrected chi connectivity index (χ0v) is 16.9. The lowest BCUT2D eigenvalue weighted by molar-refractivity contribution is -0.117. The van der Waals surface area contributed by atoms with Crippen molar-refractivity contribution in [2.24, 2.45) is 40.4 Å². The molecule has 0 radical (unpaired) electrons. The minimum atomic E-state index is 0.299. The standard InChI is InChI=1S/C24H36O2/c1-5-26-15-16(2)20-8-9-21-19-7-6-17-14-18(25)10-12-23(17,3)22(19)11-13-24(20,21)4/h5,14,16,19-22H,1,6-13,15H2,2-4H3/t16-,19+,20-,21+,22+,23+,24-/m1/s1. The number of ketones is 1. The molecule has 7 atom stereocenters. The Morgan fingerprint density at radius 3 is 2.77 bits per heavy atom. The third-order valence-electron chi connectivity index (χ3n) is 9.20. The molecule has 0 N–H and O–H groups in total. The van der Waals surface area contributed by atoms with E-state index in [-0.39, 0.29) is 0 Å². The molecule has 4 aliphatic rings. The van der Waals surface area contributed by atoms with Crippen LogP contribution in [0.4, 0.5) is 0 Å². The first-order valence-electron chi connectivity index (χ1n) is 10.9. The van der Waals surface area contributed by atoms with Crippen LogP contribution in [0.5, 0.6) is 0 Å². The highest BCUT2D eigenvalue weighted by Gasteiger charge is 2.59. The third kappa shape index (κ3) is 2.62. The van der Waals surface area contributed by atoms with Gasteiger partial charge < -0.3 is 4.74 Å². The van der Waals surface area contributed by atoms with Gasteiger partial charge in [0.2, 0.25) is 0 Å². The second-order valence-electron chi connectivity index (χ2n) is 10.2. The van der Waals surface area contributed by atoms with Crippen LogP contribution in [0.15, 0.2) is 24.5 Å². The Kier molecular flexibility index (Phi) is 4.60. The fourth-order valence-corrected chi connectivity index (χ4v) is 7.87. The first kappa shape index (κ1) is 18.3. The van der Waals surface area contributed by atoms with Crippen molar-refractivity contribution >= 4 is 5.78 Å². The molecule has 0 saturated heterocycles. The van der Waals surface area contributed by atoms with Gasteiger partial charge in [-0.1, -0.05) is 32.9 Å². The lowest BCUT2D eigenvalue weighted by Gasteiger charge is -2.58. The first-order valence-corrected chi connectivity index (χ1v) is 10.9. The number of rotatable bonds is 4. The van der Waals surface area contributed by atoms with E-state index < -0.39 is 0 Å². The van der Waals surface area contributed by atoms with Crippen LogP contribution in [0.3, 0.4) is 0 Å². The molecular weight excluding hydrogens is 320 g/mol. The van der Waals surface area contributed by atoms with Crippen LogP contribution in [0, 0.1) is 40.4 Å². The fourth-order valence-electron chi connectivity index (χ4n) is 7.87. The summed E-state index contributed by atoms with van der Waals surface area (Å²) in [5.41, 5.74) is 2.27. The molecule has 0 spiro atoms. The van der Waals surface area contributed by atoms with E-state index in [4.69, 9.17) is 4.74 Å². The summed E-state index contributed by atoms with van der Waals surface area (Å²) in [6, 6.07) is 0. The molecule has 0 bridgehead atoms. The van der Waals surface area contributed by atoms with Gasteiger partial charge in [0.15, 0.2) is 5.78 Å². The van der Waals surface area contributed by atoms with Gasteiger partial charge >= 0.3 is 0 Å². The molecule has 3 fully saturated rings. The minimum absolute atomic E-state index is 0.299. The molecule has 0 aromatic heterocycles. The molecule has 144 valence electrons. The Morgan fingerprint density at radius 1 is 1.19 bits per heavy atom. The maximum atomic E-state index is 12.0. The lowest BCUT2D eigenvalue weighted by Crippen LogP contribution is -2.51. The largest absolute Gasteiger partial charge is 0.502 e. The summed E-state index contributed by atoms with van der Waals surface area (Å²) in [6.07, 6.45) is 13.4. The van der Waals surface area contributed by atoms with Gasteiger partial charge in [-0.3, -0.25) is 4.79 Å². The minimum Gasteiger partial charge on any atom is -0.502 e. The molecule has 0 aliphatic heterocycles. The molecule has 26 heavy (non-hydrogen) atoms. The summed E-state index contributed by atoms with van der Waals surface area (Å²) < 4.78 is 5.56. The summed E-state index contributed by atoms with van der Waals surface area (Å²) in [4.78, 5) is 12.0. The number of hydrogen-bond donors (Lipinski definition) is 0. The summed E-state index contributed by atoms with van der Waals surface area (Å²) in [5, 5.41) is 0. The Morgan fingerprint density at radius 2 is 2.00 bits per heavy atom. The van der Waals surface area contributed by atoms with Gasteiger partial charge in [0.25, 0.3) is 0 Å². The van der Waals surface area contributed by atoms with Crippen molar-refractivity contribution in [2.75, 3.05) is 6.61 Å². The summed E-state index contributed by atoms with van der Waals surface area (Å²) >= 11 is 0. The molecule has 0 aromatic carbocycles. The molecule has 4 rings (SSSR count). The van der Waals surface area contributed by atoms with Crippen LogP contribution in [0.25, 0.3) is 0 Å². The van der Waals surface area contributed by atoms with Crippen molar-refractivity contribution in [3.05, 3.63) is 24.5 Å². The predicted molar refractivity (Wildman–Crippen MR) is 106 cm³/mol. The Labute approximate surface area is 159 Å². The van der Waals surface area contributed by atoms with E-state index >= 15 is 0 Å². The van der Waals surface area contributed by atoms with Crippen molar-refractivity contribution in [3.8, 4) is 0 Å². The van der Waals surface area contributed by atoms with Gasteiger partial charge in [0, 0.05) is 6.42 Å². The second-order valence-corrected chi connectivity index (χ2v) is 10.2. The first-order chi connectivity index (χ1) is 12.4. The van der Waals surface area contributed by atoms with Crippen LogP contribution in [-0.4, -0.2) is 12.4 Å². The predicted octanol–water partition coefficient (Wildman–Crippen LogP) is 5.93. The highest BCUT2D eigenvalue weighted by molar-refractivity contribution is 5.91. The number of carbonyl (C=O) groups is 1. The highest BCUT2D eigenvalue weighted by atomic mass is 16.5. The van der Waals surface area contributed by atoms with Crippen LogP contribution < -0.4 is 0 Å². The molecule has 0 unspecified atom stereocenters. The molecule has 4 aliphatic carbocycles. The third-order valence-corrected chi connectivity index (χ3v) is 9.20. The van der Waals surface area contributed by atoms with Gasteiger partial charge in [-0.05, 0) is 91.4 Å². The normalized spacial score (nSPS) is 45.8. The summed E-state index contributed by atoms with van der Waals surface area (Å²) in [6.45, 7) is 12.0. The van der Waals surface area contributed by atoms with Gasteiger partial charge in [0.1, 0.15) is 0 Å². The molecule has 3 saturated carbocycles. The molecule has 0 aromatic rings. The summed E-state index contributed by atoms with van der Waals surface area (Å²) in [5.74, 6) is 4.29. The molecule has 0 heterocycles. The highest BCUT2D eigenvalue weighted by Crippen LogP contribution is 2.67. The Balaban J connectivity index is 1.57. The zero-order chi connectivity index (χ0) is 18.5. The van der Waals surface area contributed by atoms with Gasteiger partial charge in [-0.15, -0.1) is 0 Å². The molecular formula is C24H36O2. The van der Waals surface area contributed by atoms with Crippen LogP contribution in [-0.2, 0) is 9.53 Å². The quantitative estimate of drug-likeness (QED) is 0.583. The van der Waals surface area contributed by atoms with E-state index in [0.717, 1.165) is 49.5 Å². The number of fused-ring (bicyclic) bond motifs is 5. The van der Waals surface area contributed by atoms with Crippen LogP contribution >= 0.6 is 0 Å². The number of hydrogen-bond acceptors (Lipinski definition) is 2. The average Bonchev–Trinajstić information content (AvgIpc) is 2.97. The van der Waals surface area contributed by atoms with E-state index in [1.807, 2.05) is 6.08 Å². The van der Waals surface area contributed by atoms with E-state index in [1.165, 1.54) is 37.7 Å². The number of carbonyl (C=O) groups excluding carboxylic acids is 1. The number of ether oxygens (including phenoxy) is 1. The molecule has 2 nitrogen and oxygen atoms in total. The van der Waals surface area contributed by atoms with Gasteiger partial charge in [-0.25, -0.2) is 0 Å². The number of allylic oxidation sites excluding steroid dienone is 1. The van der Waals surface area contributed by atoms with Crippen molar-refractivity contribution in [1.29, 1.82) is 0 Å². The molecule has 2 heteroatoms. The van der Waals surface area contributed by atoms with Crippen molar-refractivity contribution < 1.29 is 9.53 Å². The SMILES string of the molecule is C=COC[C@@H](C)[C@H]1CC[C@H]2[C@@H]3CCC4=CC(=O)CC[C@]4(C)[C@H]3CC[C@]12C. The van der Waals surface area contributed by atoms with Crippen LogP contribution in [0.2, 0.25) is 0 Å². The van der Waals surface area contributed by atoms with Crippen molar-refractivity contribution in [3.63, 3.8) is 0 Å². The Hall–Kier alpha value is -1.05. The lowest BCUT2D eigenvalue weighted by atomic mass is 9.46. The molecule has 0 amide bonds. The maximum absolute atomic E-state index is 12.0. The van der Waals surface area contributed by atoms with E-state index in [2.05, 4.69) is 27.4 Å². The van der Waals surface area contributed by atoms with Crippen molar-refractivity contribution in [1.82, 2.24) is 0 Å². The maximum Gasteiger partial charge on any atom is 0.155 e. The summed E-state index contributed by atoms with van der Waals surface area (Å²) in [7, 11) is 0. The topological polar surface area (TPSA) is 26.3 Å². The van der Waals surface area contributed by atoms with Crippen molar-refractivity contribution in [2.45, 2.75) is 72.1 Å². The second kappa shape index (κ2) is 6.53.